The zero-order chi connectivity index (χ0) is 12.3. The number of aromatic nitrogens is 1. The highest BCUT2D eigenvalue weighted by atomic mass is 16.5. The topological polar surface area (TPSA) is 68.5 Å². The Hall–Kier alpha value is -1.62. The SMILES string of the molecule is COCCN(C(=O)c1ccnc(N)c1)C1CC1. The molecule has 0 radical (unpaired) electrons. The maximum absolute atomic E-state index is 12.3. The number of ether oxygens (including phenoxy) is 1. The normalized spacial score (nSPS) is 14.6. The molecule has 0 unspecified atom stereocenters. The molecule has 1 aromatic heterocycles. The van der Waals surface area contributed by atoms with Gasteiger partial charge in [0.15, 0.2) is 0 Å². The fourth-order valence-electron chi connectivity index (χ4n) is 1.77. The van der Waals surface area contributed by atoms with Crippen LogP contribution in [-0.2, 0) is 4.74 Å². The maximum atomic E-state index is 12.3. The first-order chi connectivity index (χ1) is 8.22. The average molecular weight is 235 g/mol. The molecule has 92 valence electrons. The van der Waals surface area contributed by atoms with E-state index in [-0.39, 0.29) is 5.91 Å². The summed E-state index contributed by atoms with van der Waals surface area (Å²) in [5.41, 5.74) is 6.18. The summed E-state index contributed by atoms with van der Waals surface area (Å²) in [7, 11) is 1.64. The summed E-state index contributed by atoms with van der Waals surface area (Å²) in [5.74, 6) is 0.386. The molecule has 1 aliphatic carbocycles. The van der Waals surface area contributed by atoms with E-state index in [2.05, 4.69) is 4.98 Å². The fourth-order valence-corrected chi connectivity index (χ4v) is 1.77. The summed E-state index contributed by atoms with van der Waals surface area (Å²) >= 11 is 0. The molecule has 2 N–H and O–H groups in total. The summed E-state index contributed by atoms with van der Waals surface area (Å²) in [5, 5.41) is 0. The van der Waals surface area contributed by atoms with E-state index in [1.54, 1.807) is 25.4 Å². The van der Waals surface area contributed by atoms with Crippen LogP contribution in [0.15, 0.2) is 18.3 Å². The number of methoxy groups -OCH3 is 1. The van der Waals surface area contributed by atoms with Gasteiger partial charge in [-0.25, -0.2) is 4.98 Å². The molecule has 1 aliphatic rings. The van der Waals surface area contributed by atoms with Crippen LogP contribution in [0.3, 0.4) is 0 Å². The van der Waals surface area contributed by atoms with Gasteiger partial charge in [0, 0.05) is 31.5 Å². The molecule has 0 bridgehead atoms. The summed E-state index contributed by atoms with van der Waals surface area (Å²) in [6.07, 6.45) is 3.72. The highest BCUT2D eigenvalue weighted by molar-refractivity contribution is 5.95. The Balaban J connectivity index is 2.10. The second-order valence-corrected chi connectivity index (χ2v) is 4.19. The molecular weight excluding hydrogens is 218 g/mol. The largest absolute Gasteiger partial charge is 0.384 e. The minimum Gasteiger partial charge on any atom is -0.384 e. The van der Waals surface area contributed by atoms with Crippen LogP contribution in [0.5, 0.6) is 0 Å². The molecule has 0 aromatic carbocycles. The molecule has 1 aromatic rings. The number of amides is 1. The van der Waals surface area contributed by atoms with Crippen molar-refractivity contribution in [3.05, 3.63) is 23.9 Å². The van der Waals surface area contributed by atoms with Gasteiger partial charge in [-0.15, -0.1) is 0 Å². The lowest BCUT2D eigenvalue weighted by molar-refractivity contribution is 0.0680. The number of hydrogen-bond donors (Lipinski definition) is 1. The van der Waals surface area contributed by atoms with Crippen LogP contribution in [-0.4, -0.2) is 42.1 Å². The van der Waals surface area contributed by atoms with E-state index in [0.29, 0.717) is 30.6 Å². The van der Waals surface area contributed by atoms with Crippen LogP contribution in [0.1, 0.15) is 23.2 Å². The molecule has 1 amide bonds. The molecule has 1 saturated carbocycles. The monoisotopic (exact) mass is 235 g/mol. The Morgan fingerprint density at radius 3 is 3.00 bits per heavy atom. The lowest BCUT2D eigenvalue weighted by atomic mass is 10.2. The van der Waals surface area contributed by atoms with E-state index in [4.69, 9.17) is 10.5 Å². The number of nitrogens with two attached hydrogens (primary N) is 1. The third kappa shape index (κ3) is 2.94. The van der Waals surface area contributed by atoms with Gasteiger partial charge in [0.25, 0.3) is 5.91 Å². The molecule has 2 rings (SSSR count). The minimum absolute atomic E-state index is 0.0126. The van der Waals surface area contributed by atoms with Gasteiger partial charge in [-0.05, 0) is 25.0 Å². The Morgan fingerprint density at radius 2 is 2.41 bits per heavy atom. The van der Waals surface area contributed by atoms with Crippen LogP contribution in [0.25, 0.3) is 0 Å². The number of rotatable bonds is 5. The first kappa shape index (κ1) is 11.9. The van der Waals surface area contributed by atoms with Gasteiger partial charge in [0.05, 0.1) is 6.61 Å². The second kappa shape index (κ2) is 5.14. The van der Waals surface area contributed by atoms with Crippen LogP contribution >= 0.6 is 0 Å². The van der Waals surface area contributed by atoms with Crippen molar-refractivity contribution >= 4 is 11.7 Å². The van der Waals surface area contributed by atoms with Crippen molar-refractivity contribution in [2.75, 3.05) is 26.0 Å². The molecular formula is C12H17N3O2. The molecule has 5 heteroatoms. The summed E-state index contributed by atoms with van der Waals surface area (Å²) in [6, 6.07) is 3.68. The van der Waals surface area contributed by atoms with E-state index >= 15 is 0 Å². The standard InChI is InChI=1S/C12H17N3O2/c1-17-7-6-15(10-2-3-10)12(16)9-4-5-14-11(13)8-9/h4-5,8,10H,2-3,6-7H2,1H3,(H2,13,14). The number of hydrogen-bond acceptors (Lipinski definition) is 4. The maximum Gasteiger partial charge on any atom is 0.254 e. The van der Waals surface area contributed by atoms with Crippen LogP contribution in [0.4, 0.5) is 5.82 Å². The van der Waals surface area contributed by atoms with Crippen molar-refractivity contribution in [3.63, 3.8) is 0 Å². The molecule has 17 heavy (non-hydrogen) atoms. The van der Waals surface area contributed by atoms with Crippen LogP contribution in [0, 0.1) is 0 Å². The smallest absolute Gasteiger partial charge is 0.254 e. The quantitative estimate of drug-likeness (QED) is 0.823. The summed E-state index contributed by atoms with van der Waals surface area (Å²) in [4.78, 5) is 18.0. The molecule has 0 atom stereocenters. The van der Waals surface area contributed by atoms with Crippen molar-refractivity contribution in [3.8, 4) is 0 Å². The predicted molar refractivity (Wildman–Crippen MR) is 64.6 cm³/mol. The molecule has 0 aliphatic heterocycles. The van der Waals surface area contributed by atoms with Gasteiger partial charge in [-0.3, -0.25) is 4.79 Å². The zero-order valence-electron chi connectivity index (χ0n) is 9.93. The number of anilines is 1. The van der Waals surface area contributed by atoms with Crippen molar-refractivity contribution < 1.29 is 9.53 Å². The Labute approximate surface area is 101 Å². The lowest BCUT2D eigenvalue weighted by Gasteiger charge is -2.22. The Kier molecular flexibility index (Phi) is 3.58. The van der Waals surface area contributed by atoms with Crippen molar-refractivity contribution in [2.24, 2.45) is 0 Å². The van der Waals surface area contributed by atoms with Gasteiger partial charge >= 0.3 is 0 Å². The number of carbonyl (C=O) groups is 1. The minimum atomic E-state index is 0.0126. The first-order valence-electron chi connectivity index (χ1n) is 5.74. The van der Waals surface area contributed by atoms with E-state index in [1.807, 2.05) is 4.90 Å². The predicted octanol–water partition coefficient (Wildman–Crippen LogP) is 0.915. The van der Waals surface area contributed by atoms with Gasteiger partial charge in [0.2, 0.25) is 0 Å². The van der Waals surface area contributed by atoms with Crippen molar-refractivity contribution in [1.29, 1.82) is 0 Å². The average Bonchev–Trinajstić information content (AvgIpc) is 3.14. The third-order valence-corrected chi connectivity index (χ3v) is 2.81. The molecule has 5 nitrogen and oxygen atoms in total. The van der Waals surface area contributed by atoms with Crippen LogP contribution < -0.4 is 5.73 Å². The number of nitrogen functional groups attached to an aromatic ring is 1. The lowest BCUT2D eigenvalue weighted by Crippen LogP contribution is -2.35. The summed E-state index contributed by atoms with van der Waals surface area (Å²) in [6.45, 7) is 1.19. The van der Waals surface area contributed by atoms with E-state index in [1.165, 1.54) is 0 Å². The molecule has 0 saturated heterocycles. The molecule has 0 spiro atoms. The fraction of sp³-hybridized carbons (Fsp3) is 0.500. The number of nitrogens with zero attached hydrogens (tertiary/aromatic N) is 2. The van der Waals surface area contributed by atoms with Gasteiger partial charge < -0.3 is 15.4 Å². The summed E-state index contributed by atoms with van der Waals surface area (Å²) < 4.78 is 5.03. The molecule has 1 fully saturated rings. The Morgan fingerprint density at radius 1 is 1.65 bits per heavy atom. The van der Waals surface area contributed by atoms with E-state index in [9.17, 15) is 4.79 Å². The number of pyridine rings is 1. The van der Waals surface area contributed by atoms with Crippen molar-refractivity contribution in [2.45, 2.75) is 18.9 Å². The zero-order valence-corrected chi connectivity index (χ0v) is 9.93. The van der Waals surface area contributed by atoms with Gasteiger partial charge in [-0.2, -0.15) is 0 Å². The third-order valence-electron chi connectivity index (χ3n) is 2.81. The van der Waals surface area contributed by atoms with Gasteiger partial charge in [0.1, 0.15) is 5.82 Å². The van der Waals surface area contributed by atoms with Crippen LogP contribution in [0.2, 0.25) is 0 Å². The number of carbonyl (C=O) groups excluding carboxylic acids is 1. The Bertz CT molecular complexity index is 404. The first-order valence-corrected chi connectivity index (χ1v) is 5.74. The van der Waals surface area contributed by atoms with E-state index in [0.717, 1.165) is 12.8 Å². The van der Waals surface area contributed by atoms with Crippen molar-refractivity contribution in [1.82, 2.24) is 9.88 Å². The second-order valence-electron chi connectivity index (χ2n) is 4.19. The van der Waals surface area contributed by atoms with Gasteiger partial charge in [-0.1, -0.05) is 0 Å². The van der Waals surface area contributed by atoms with E-state index < -0.39 is 0 Å². The highest BCUT2D eigenvalue weighted by Crippen LogP contribution is 2.28. The molecule has 1 heterocycles. The highest BCUT2D eigenvalue weighted by Gasteiger charge is 2.32.